The van der Waals surface area contributed by atoms with Crippen LogP contribution >= 0.6 is 0 Å². The summed E-state index contributed by atoms with van der Waals surface area (Å²) in [6, 6.07) is -1.34. The smallest absolute Gasteiger partial charge is 0.328 e. The number of carbonyl (C=O) groups is 5. The van der Waals surface area contributed by atoms with Crippen LogP contribution in [0.1, 0.15) is 126 Å². The molecule has 14 atom stereocenters. The first kappa shape index (κ1) is 62.8. The number of hydrogen-bond acceptors (Lipinski definition) is 16. The molecule has 410 valence electrons. The van der Waals surface area contributed by atoms with Gasteiger partial charge in [0.1, 0.15) is 40.0 Å². The number of fused-ring (bicyclic) bond motifs is 2. The van der Waals surface area contributed by atoms with Crippen LogP contribution in [0, 0.1) is 29.6 Å². The van der Waals surface area contributed by atoms with E-state index in [1.165, 1.54) is 27.3 Å². The number of cyclic esters (lactones) is 1. The number of amides is 1. The minimum atomic E-state index is -3.13. The highest BCUT2D eigenvalue weighted by Crippen LogP contribution is 2.37. The van der Waals surface area contributed by atoms with E-state index in [0.717, 1.165) is 16.9 Å². The predicted molar refractivity (Wildman–Crippen MR) is 272 cm³/mol. The van der Waals surface area contributed by atoms with Crippen molar-refractivity contribution in [3.8, 4) is 0 Å². The van der Waals surface area contributed by atoms with E-state index in [1.54, 1.807) is 40.9 Å². The van der Waals surface area contributed by atoms with Crippen LogP contribution in [0.5, 0.6) is 0 Å². The molecule has 0 spiro atoms. The number of ketones is 3. The standard InChI is InChI=1S/C54H87NO16S/c1-34-19-15-13-12-14-16-20-35(2)48(58)50(67-10)49(59)38(5)29-36(3)43(57)33-46(37(4)30-41-22-24-44(47(31-41)66-9)68-27-18-28-72(11,64)65)70-53(62)40(7)55(8)52(61)51(60)54(63)39(6)21-23-42(71-54)32-45(34)69-26-17-25-56/h12-15,19,29,35-37,39-42,44-47,49-50,56,59,63H,16-18,20-28,30-33H2,1-11H3/b14-12+,15-13+,34-19+,38-29+/t35?,36?,37-,39+,40?,41+,42-,44-,45+,46?,47-,49?,50?,54+/m1/s1. The molecule has 1 saturated carbocycles. The van der Waals surface area contributed by atoms with E-state index in [1.807, 2.05) is 44.2 Å². The topological polar surface area (TPSA) is 239 Å². The van der Waals surface area contributed by atoms with E-state index in [0.29, 0.717) is 63.4 Å². The summed E-state index contributed by atoms with van der Waals surface area (Å²) in [5.74, 6) is -8.73. The molecule has 6 unspecified atom stereocenters. The maximum atomic E-state index is 14.1. The lowest BCUT2D eigenvalue weighted by Crippen LogP contribution is -2.59. The van der Waals surface area contributed by atoms with E-state index in [-0.39, 0.29) is 68.1 Å². The Bertz CT molecular complexity index is 2020. The van der Waals surface area contributed by atoms with Crippen LogP contribution in [-0.4, -0.2) is 166 Å². The molecule has 2 heterocycles. The molecule has 1 amide bonds. The van der Waals surface area contributed by atoms with Crippen LogP contribution in [0.25, 0.3) is 0 Å². The molecule has 3 aliphatic rings. The van der Waals surface area contributed by atoms with Crippen LogP contribution in [0.15, 0.2) is 47.6 Å². The zero-order chi connectivity index (χ0) is 53.9. The molecule has 72 heavy (non-hydrogen) atoms. The molecule has 2 fully saturated rings. The van der Waals surface area contributed by atoms with Crippen molar-refractivity contribution in [2.24, 2.45) is 29.6 Å². The molecule has 3 N–H and O–H groups in total. The molecule has 3 rings (SSSR count). The van der Waals surface area contributed by atoms with Crippen LogP contribution in [0.2, 0.25) is 0 Å². The van der Waals surface area contributed by atoms with Crippen LogP contribution < -0.4 is 0 Å². The summed E-state index contributed by atoms with van der Waals surface area (Å²) >= 11 is 0. The summed E-state index contributed by atoms with van der Waals surface area (Å²) in [4.78, 5) is 70.9. The van der Waals surface area contributed by atoms with Crippen molar-refractivity contribution in [3.63, 3.8) is 0 Å². The summed E-state index contributed by atoms with van der Waals surface area (Å²) in [6.07, 6.45) is 11.9. The highest BCUT2D eigenvalue weighted by Gasteiger charge is 2.52. The molecule has 0 aromatic heterocycles. The fourth-order valence-electron chi connectivity index (χ4n) is 9.67. The molecule has 0 aromatic rings. The second-order valence-corrected chi connectivity index (χ2v) is 22.9. The van der Waals surface area contributed by atoms with E-state index in [4.69, 9.17) is 28.4 Å². The Kier molecular flexibility index (Phi) is 26.3. The van der Waals surface area contributed by atoms with Crippen molar-refractivity contribution < 1.29 is 76.1 Å². The molecular weight excluding hydrogens is 951 g/mol. The molecule has 0 aromatic carbocycles. The number of methoxy groups -OCH3 is 2. The highest BCUT2D eigenvalue weighted by molar-refractivity contribution is 7.90. The lowest BCUT2D eigenvalue weighted by molar-refractivity contribution is -0.265. The monoisotopic (exact) mass is 1040 g/mol. The zero-order valence-corrected chi connectivity index (χ0v) is 45.6. The van der Waals surface area contributed by atoms with Crippen molar-refractivity contribution in [2.45, 2.75) is 180 Å². The second-order valence-electron chi connectivity index (χ2n) is 20.6. The molecule has 1 aliphatic carbocycles. The lowest BCUT2D eigenvalue weighted by atomic mass is 9.78. The Morgan fingerprint density at radius 3 is 2.22 bits per heavy atom. The van der Waals surface area contributed by atoms with Crippen molar-refractivity contribution in [1.29, 1.82) is 0 Å². The predicted octanol–water partition coefficient (Wildman–Crippen LogP) is 5.61. The zero-order valence-electron chi connectivity index (χ0n) is 44.8. The van der Waals surface area contributed by atoms with Crippen LogP contribution in [-0.2, 0) is 62.2 Å². The summed E-state index contributed by atoms with van der Waals surface area (Å²) in [5, 5.41) is 32.8. The highest BCUT2D eigenvalue weighted by atomic mass is 32.2. The van der Waals surface area contributed by atoms with Gasteiger partial charge in [0.05, 0.1) is 30.2 Å². The van der Waals surface area contributed by atoms with Crippen molar-refractivity contribution in [1.82, 2.24) is 4.90 Å². The van der Waals surface area contributed by atoms with Gasteiger partial charge in [-0.3, -0.25) is 19.2 Å². The van der Waals surface area contributed by atoms with Crippen molar-refractivity contribution >= 4 is 39.1 Å². The lowest BCUT2D eigenvalue weighted by Gasteiger charge is -2.41. The fourth-order valence-corrected chi connectivity index (χ4v) is 10.3. The number of nitrogens with zero attached hydrogens (tertiary/aromatic N) is 1. The Labute approximate surface area is 429 Å². The van der Waals surface area contributed by atoms with Gasteiger partial charge < -0.3 is 48.6 Å². The third-order valence-electron chi connectivity index (χ3n) is 14.7. The number of aliphatic hydroxyl groups is 3. The van der Waals surface area contributed by atoms with Gasteiger partial charge in [-0.2, -0.15) is 0 Å². The Balaban J connectivity index is 1.98. The van der Waals surface area contributed by atoms with Crippen LogP contribution in [0.4, 0.5) is 0 Å². The Morgan fingerprint density at radius 1 is 0.875 bits per heavy atom. The number of likely N-dealkylation sites (N-methyl/N-ethyl adjacent to an activating group) is 1. The quantitative estimate of drug-likeness (QED) is 0.0829. The number of hydrogen-bond donors (Lipinski definition) is 3. The average molecular weight is 1040 g/mol. The van der Waals surface area contributed by atoms with Gasteiger partial charge >= 0.3 is 5.97 Å². The van der Waals surface area contributed by atoms with Gasteiger partial charge in [-0.25, -0.2) is 13.2 Å². The van der Waals surface area contributed by atoms with E-state index in [2.05, 4.69) is 0 Å². The molecule has 18 heteroatoms. The number of rotatable bonds is 14. The molecule has 1 saturated heterocycles. The minimum Gasteiger partial charge on any atom is -0.460 e. The van der Waals surface area contributed by atoms with E-state index in [9.17, 15) is 47.7 Å². The summed E-state index contributed by atoms with van der Waals surface area (Å²) in [7, 11) is 1.09. The first-order valence-corrected chi connectivity index (χ1v) is 27.9. The SMILES string of the molecule is COC1C(=O)C(C)CC/C=C/C=C/C=C(\C)[C@@H](OCCCO)C[C@H]2CC[C@H](C)[C@](O)(O2)C(=O)C(=O)N(C)C(C)C(=O)OC([C@H](C)C[C@@H]2CC[C@@H](OCCCS(C)(=O)=O)[C@H](OC)C2)CC(=O)C(C)/C=C(\C)C1O. The first-order valence-electron chi connectivity index (χ1n) is 25.8. The summed E-state index contributed by atoms with van der Waals surface area (Å²) in [6.45, 7) is 12.3. The van der Waals surface area contributed by atoms with Crippen LogP contribution in [0.3, 0.4) is 0 Å². The number of esters is 1. The van der Waals surface area contributed by atoms with Gasteiger partial charge in [-0.05, 0) is 108 Å². The second kappa shape index (κ2) is 30.2. The fraction of sp³-hybridized carbons (Fsp3) is 0.759. The third kappa shape index (κ3) is 19.0. The van der Waals surface area contributed by atoms with Gasteiger partial charge in [0.2, 0.25) is 5.79 Å². The Morgan fingerprint density at radius 2 is 1.57 bits per heavy atom. The van der Waals surface area contributed by atoms with Gasteiger partial charge in [0, 0.05) is 77.9 Å². The number of allylic oxidation sites excluding steroid dienone is 6. The van der Waals surface area contributed by atoms with Crippen molar-refractivity contribution in [2.75, 3.05) is 53.1 Å². The molecule has 17 nitrogen and oxygen atoms in total. The maximum absolute atomic E-state index is 14.1. The Hall–Kier alpha value is -3.46. The van der Waals surface area contributed by atoms with Gasteiger partial charge in [-0.15, -0.1) is 0 Å². The van der Waals surface area contributed by atoms with Gasteiger partial charge in [0.25, 0.3) is 11.7 Å². The molecular formula is C54H87NO16S. The summed E-state index contributed by atoms with van der Waals surface area (Å²) < 4.78 is 59.1. The van der Waals surface area contributed by atoms with E-state index >= 15 is 0 Å². The van der Waals surface area contributed by atoms with Crippen molar-refractivity contribution in [3.05, 3.63) is 47.6 Å². The normalized spacial score (nSPS) is 35.9. The molecule has 2 aliphatic heterocycles. The maximum Gasteiger partial charge on any atom is 0.328 e. The first-order chi connectivity index (χ1) is 33.9. The number of Topliss-reactive ketones (excluding diaryl/α,β-unsaturated/α-hetero) is 3. The van der Waals surface area contributed by atoms with Gasteiger partial charge in [-0.1, -0.05) is 64.2 Å². The minimum absolute atomic E-state index is 0.0193. The number of aliphatic hydroxyl groups excluding tert-OH is 2. The third-order valence-corrected chi connectivity index (χ3v) is 15.8. The van der Waals surface area contributed by atoms with Gasteiger partial charge in [0.15, 0.2) is 5.78 Å². The number of sulfone groups is 1. The average Bonchev–Trinajstić information content (AvgIpc) is 3.33. The number of ether oxygens (including phenoxy) is 6. The molecule has 0 radical (unpaired) electrons. The molecule has 2 bridgehead atoms. The van der Waals surface area contributed by atoms with E-state index < -0.39 is 93.5 Å². The summed E-state index contributed by atoms with van der Waals surface area (Å²) in [5.41, 5.74) is 1.17. The largest absolute Gasteiger partial charge is 0.460 e. The number of carbonyl (C=O) groups excluding carboxylic acids is 5.